The SMILES string of the molecule is Cc1cc(C(=O)OC[C@H]2CCCO2)ccc1-n1cncn1. The monoisotopic (exact) mass is 287 g/mol. The van der Waals surface area contributed by atoms with E-state index in [0.29, 0.717) is 12.2 Å². The summed E-state index contributed by atoms with van der Waals surface area (Å²) in [4.78, 5) is 16.0. The van der Waals surface area contributed by atoms with Crippen LogP contribution in [0.1, 0.15) is 28.8 Å². The maximum absolute atomic E-state index is 12.0. The van der Waals surface area contributed by atoms with Crippen molar-refractivity contribution < 1.29 is 14.3 Å². The lowest BCUT2D eigenvalue weighted by Crippen LogP contribution is -2.18. The van der Waals surface area contributed by atoms with Gasteiger partial charge in [-0.15, -0.1) is 0 Å². The van der Waals surface area contributed by atoms with Crippen molar-refractivity contribution in [1.29, 1.82) is 0 Å². The summed E-state index contributed by atoms with van der Waals surface area (Å²) in [6.07, 6.45) is 5.14. The molecule has 6 nitrogen and oxygen atoms in total. The van der Waals surface area contributed by atoms with Gasteiger partial charge in [-0.1, -0.05) is 0 Å². The highest BCUT2D eigenvalue weighted by atomic mass is 16.6. The summed E-state index contributed by atoms with van der Waals surface area (Å²) in [5.41, 5.74) is 2.37. The van der Waals surface area contributed by atoms with E-state index in [9.17, 15) is 4.79 Å². The Morgan fingerprint density at radius 1 is 1.52 bits per heavy atom. The van der Waals surface area contributed by atoms with Gasteiger partial charge in [-0.2, -0.15) is 5.10 Å². The molecule has 110 valence electrons. The molecule has 1 aromatic heterocycles. The predicted molar refractivity (Wildman–Crippen MR) is 75.4 cm³/mol. The van der Waals surface area contributed by atoms with Crippen LogP contribution < -0.4 is 0 Å². The second-order valence-electron chi connectivity index (χ2n) is 5.07. The molecule has 1 fully saturated rings. The first-order valence-electron chi connectivity index (χ1n) is 6.98. The molecule has 1 aromatic carbocycles. The van der Waals surface area contributed by atoms with Crippen molar-refractivity contribution in [2.24, 2.45) is 0 Å². The van der Waals surface area contributed by atoms with Gasteiger partial charge in [-0.05, 0) is 43.5 Å². The van der Waals surface area contributed by atoms with Crippen LogP contribution in [0, 0.1) is 6.92 Å². The van der Waals surface area contributed by atoms with E-state index in [2.05, 4.69) is 10.1 Å². The van der Waals surface area contributed by atoms with E-state index in [1.165, 1.54) is 6.33 Å². The number of hydrogen-bond acceptors (Lipinski definition) is 5. The van der Waals surface area contributed by atoms with E-state index in [4.69, 9.17) is 9.47 Å². The average molecular weight is 287 g/mol. The summed E-state index contributed by atoms with van der Waals surface area (Å²) >= 11 is 0. The van der Waals surface area contributed by atoms with Crippen LogP contribution in [-0.4, -0.2) is 40.1 Å². The number of esters is 1. The molecule has 1 aliphatic rings. The number of carbonyl (C=O) groups is 1. The molecule has 21 heavy (non-hydrogen) atoms. The van der Waals surface area contributed by atoms with Crippen LogP contribution in [-0.2, 0) is 9.47 Å². The predicted octanol–water partition coefficient (Wildman–Crippen LogP) is 1.91. The van der Waals surface area contributed by atoms with E-state index in [0.717, 1.165) is 30.7 Å². The third-order valence-electron chi connectivity index (χ3n) is 3.52. The Balaban J connectivity index is 1.68. The molecule has 0 amide bonds. The van der Waals surface area contributed by atoms with Crippen molar-refractivity contribution in [3.63, 3.8) is 0 Å². The van der Waals surface area contributed by atoms with Gasteiger partial charge in [-0.25, -0.2) is 14.5 Å². The summed E-state index contributed by atoms with van der Waals surface area (Å²) in [6, 6.07) is 5.38. The van der Waals surface area contributed by atoms with E-state index in [1.54, 1.807) is 23.1 Å². The number of carbonyl (C=O) groups excluding carboxylic acids is 1. The maximum Gasteiger partial charge on any atom is 0.338 e. The van der Waals surface area contributed by atoms with Gasteiger partial charge in [0.05, 0.1) is 17.4 Å². The second kappa shape index (κ2) is 6.05. The lowest BCUT2D eigenvalue weighted by Gasteiger charge is -2.11. The number of aromatic nitrogens is 3. The van der Waals surface area contributed by atoms with E-state index >= 15 is 0 Å². The Hall–Kier alpha value is -2.21. The minimum absolute atomic E-state index is 0.0458. The smallest absolute Gasteiger partial charge is 0.338 e. The minimum Gasteiger partial charge on any atom is -0.459 e. The Labute approximate surface area is 122 Å². The molecule has 2 aromatic rings. The van der Waals surface area contributed by atoms with Gasteiger partial charge >= 0.3 is 5.97 Å². The normalized spacial score (nSPS) is 17.9. The standard InChI is InChI=1S/C15H17N3O3/c1-11-7-12(4-5-14(11)18-10-16-9-17-18)15(19)21-8-13-3-2-6-20-13/h4-5,7,9-10,13H,2-3,6,8H2,1H3/t13-/m1/s1. The summed E-state index contributed by atoms with van der Waals surface area (Å²) < 4.78 is 12.4. The maximum atomic E-state index is 12.0. The topological polar surface area (TPSA) is 66.2 Å². The lowest BCUT2D eigenvalue weighted by molar-refractivity contribution is 0.0161. The van der Waals surface area contributed by atoms with Gasteiger partial charge in [0.15, 0.2) is 0 Å². The average Bonchev–Trinajstić information content (AvgIpc) is 3.17. The quantitative estimate of drug-likeness (QED) is 0.804. The van der Waals surface area contributed by atoms with Gasteiger partial charge in [0.1, 0.15) is 19.3 Å². The molecular formula is C15H17N3O3. The summed E-state index contributed by atoms with van der Waals surface area (Å²) in [5.74, 6) is -0.321. The van der Waals surface area contributed by atoms with Crippen molar-refractivity contribution in [2.45, 2.75) is 25.9 Å². The third kappa shape index (κ3) is 3.11. The first-order chi connectivity index (χ1) is 10.2. The number of ether oxygens (including phenoxy) is 2. The molecule has 2 heterocycles. The molecular weight excluding hydrogens is 270 g/mol. The van der Waals surface area contributed by atoms with Gasteiger partial charge in [0.2, 0.25) is 0 Å². The van der Waals surface area contributed by atoms with Crippen LogP contribution >= 0.6 is 0 Å². The number of aryl methyl sites for hydroxylation is 1. The molecule has 0 radical (unpaired) electrons. The molecule has 0 bridgehead atoms. The third-order valence-corrected chi connectivity index (χ3v) is 3.52. The zero-order chi connectivity index (χ0) is 14.7. The van der Waals surface area contributed by atoms with Crippen LogP contribution in [0.5, 0.6) is 0 Å². The highest BCUT2D eigenvalue weighted by Gasteiger charge is 2.18. The van der Waals surface area contributed by atoms with Crippen molar-refractivity contribution in [1.82, 2.24) is 14.8 Å². The van der Waals surface area contributed by atoms with Gasteiger partial charge in [0.25, 0.3) is 0 Å². The van der Waals surface area contributed by atoms with Crippen molar-refractivity contribution in [2.75, 3.05) is 13.2 Å². The molecule has 0 N–H and O–H groups in total. The van der Waals surface area contributed by atoms with Crippen LogP contribution in [0.3, 0.4) is 0 Å². The fourth-order valence-corrected chi connectivity index (χ4v) is 2.40. The van der Waals surface area contributed by atoms with Crippen LogP contribution in [0.15, 0.2) is 30.9 Å². The summed E-state index contributed by atoms with van der Waals surface area (Å²) in [5, 5.41) is 4.08. The fourth-order valence-electron chi connectivity index (χ4n) is 2.40. The van der Waals surface area contributed by atoms with Crippen LogP contribution in [0.2, 0.25) is 0 Å². The van der Waals surface area contributed by atoms with Gasteiger partial charge in [-0.3, -0.25) is 0 Å². The molecule has 1 aliphatic heterocycles. The number of nitrogens with zero attached hydrogens (tertiary/aromatic N) is 3. The highest BCUT2D eigenvalue weighted by Crippen LogP contribution is 2.17. The number of benzene rings is 1. The molecule has 0 spiro atoms. The van der Waals surface area contributed by atoms with E-state index in [-0.39, 0.29) is 12.1 Å². The van der Waals surface area contributed by atoms with Crippen molar-refractivity contribution in [3.8, 4) is 5.69 Å². The molecule has 0 aliphatic carbocycles. The largest absolute Gasteiger partial charge is 0.459 e. The van der Waals surface area contributed by atoms with Gasteiger partial charge in [0, 0.05) is 6.61 Å². The summed E-state index contributed by atoms with van der Waals surface area (Å²) in [6.45, 7) is 3.00. The zero-order valence-corrected chi connectivity index (χ0v) is 11.9. The molecule has 6 heteroatoms. The first kappa shape index (κ1) is 13.8. The molecule has 3 rings (SSSR count). The van der Waals surface area contributed by atoms with E-state index < -0.39 is 0 Å². The van der Waals surface area contributed by atoms with Crippen molar-refractivity contribution >= 4 is 5.97 Å². The number of rotatable bonds is 4. The Morgan fingerprint density at radius 2 is 2.43 bits per heavy atom. The van der Waals surface area contributed by atoms with Crippen LogP contribution in [0.4, 0.5) is 0 Å². The zero-order valence-electron chi connectivity index (χ0n) is 11.9. The molecule has 1 atom stereocenters. The van der Waals surface area contributed by atoms with Gasteiger partial charge < -0.3 is 9.47 Å². The molecule has 0 saturated carbocycles. The highest BCUT2D eigenvalue weighted by molar-refractivity contribution is 5.90. The molecule has 0 unspecified atom stereocenters. The fraction of sp³-hybridized carbons (Fsp3) is 0.400. The second-order valence-corrected chi connectivity index (χ2v) is 5.07. The minimum atomic E-state index is -0.321. The summed E-state index contributed by atoms with van der Waals surface area (Å²) in [7, 11) is 0. The molecule has 1 saturated heterocycles. The Bertz CT molecular complexity index is 619. The Morgan fingerprint density at radius 3 is 3.10 bits per heavy atom. The lowest BCUT2D eigenvalue weighted by atomic mass is 10.1. The number of hydrogen-bond donors (Lipinski definition) is 0. The Kier molecular flexibility index (Phi) is 3.96. The van der Waals surface area contributed by atoms with Crippen molar-refractivity contribution in [3.05, 3.63) is 42.0 Å². The van der Waals surface area contributed by atoms with E-state index in [1.807, 2.05) is 13.0 Å². The first-order valence-corrected chi connectivity index (χ1v) is 6.98. The van der Waals surface area contributed by atoms with Crippen LogP contribution in [0.25, 0.3) is 5.69 Å².